The zero-order valence-electron chi connectivity index (χ0n) is 10.1. The van der Waals surface area contributed by atoms with Crippen LogP contribution in [-0.4, -0.2) is 11.1 Å². The Kier molecular flexibility index (Phi) is 2.64. The molecule has 0 unspecified atom stereocenters. The first kappa shape index (κ1) is 11.1. The van der Waals surface area contributed by atoms with Gasteiger partial charge in [0.05, 0.1) is 5.52 Å². The molecule has 1 aromatic carbocycles. The first-order chi connectivity index (χ1) is 8.22. The molecule has 17 heavy (non-hydrogen) atoms. The highest BCUT2D eigenvalue weighted by molar-refractivity contribution is 6.31. The van der Waals surface area contributed by atoms with E-state index in [0.717, 1.165) is 24.4 Å². The molecule has 1 aliphatic heterocycles. The van der Waals surface area contributed by atoms with Crippen LogP contribution in [0.25, 0.3) is 10.9 Å². The minimum Gasteiger partial charge on any atom is -0.344 e. The lowest BCUT2D eigenvalue weighted by Crippen LogP contribution is -2.09. The summed E-state index contributed by atoms with van der Waals surface area (Å²) < 4.78 is 2.44. The number of nitrogens with zero attached hydrogens (tertiary/aromatic N) is 1. The molecular formula is C14H17ClN2. The fraction of sp³-hybridized carbons (Fsp3) is 0.429. The fourth-order valence-electron chi connectivity index (χ4n) is 3.09. The van der Waals surface area contributed by atoms with Gasteiger partial charge in [0.25, 0.3) is 0 Å². The van der Waals surface area contributed by atoms with Crippen LogP contribution < -0.4 is 5.73 Å². The van der Waals surface area contributed by atoms with E-state index in [9.17, 15) is 0 Å². The molecule has 0 saturated carbocycles. The van der Waals surface area contributed by atoms with Gasteiger partial charge in [-0.3, -0.25) is 0 Å². The summed E-state index contributed by atoms with van der Waals surface area (Å²) in [4.78, 5) is 0. The number of aromatic nitrogens is 1. The highest BCUT2D eigenvalue weighted by atomic mass is 35.5. The second kappa shape index (κ2) is 4.04. The SMILES string of the molecule is Cc1c(CCN)c2cc(Cl)cc3c2n1CCC3. The lowest BCUT2D eigenvalue weighted by molar-refractivity contribution is 0.621. The van der Waals surface area contributed by atoms with Crippen LogP contribution in [0.4, 0.5) is 0 Å². The summed E-state index contributed by atoms with van der Waals surface area (Å²) in [5.74, 6) is 0. The van der Waals surface area contributed by atoms with Gasteiger partial charge in [-0.15, -0.1) is 0 Å². The van der Waals surface area contributed by atoms with Gasteiger partial charge in [0.2, 0.25) is 0 Å². The monoisotopic (exact) mass is 248 g/mol. The fourth-order valence-corrected chi connectivity index (χ4v) is 3.33. The number of nitrogens with two attached hydrogens (primary N) is 1. The van der Waals surface area contributed by atoms with E-state index in [-0.39, 0.29) is 0 Å². The Balaban J connectivity index is 2.39. The maximum atomic E-state index is 6.22. The number of aryl methyl sites for hydroxylation is 2. The lowest BCUT2D eigenvalue weighted by atomic mass is 10.0. The average Bonchev–Trinajstić information content (AvgIpc) is 2.57. The third kappa shape index (κ3) is 1.59. The number of rotatable bonds is 2. The van der Waals surface area contributed by atoms with Crippen molar-refractivity contribution in [2.24, 2.45) is 5.73 Å². The summed E-state index contributed by atoms with van der Waals surface area (Å²) in [6, 6.07) is 4.21. The van der Waals surface area contributed by atoms with Gasteiger partial charge in [-0.2, -0.15) is 0 Å². The van der Waals surface area contributed by atoms with Gasteiger partial charge in [-0.1, -0.05) is 11.6 Å². The van der Waals surface area contributed by atoms with E-state index in [1.54, 1.807) is 0 Å². The summed E-state index contributed by atoms with van der Waals surface area (Å²) in [6.45, 7) is 4.03. The van der Waals surface area contributed by atoms with E-state index in [1.807, 2.05) is 0 Å². The standard InChI is InChI=1S/C14H17ClN2/c1-9-12(4-5-16)13-8-11(15)7-10-3-2-6-17(9)14(10)13/h7-8H,2-6,16H2,1H3. The summed E-state index contributed by atoms with van der Waals surface area (Å²) in [5.41, 5.74) is 11.3. The van der Waals surface area contributed by atoms with E-state index in [1.165, 1.54) is 34.1 Å². The Labute approximate surface area is 106 Å². The smallest absolute Gasteiger partial charge is 0.0518 e. The van der Waals surface area contributed by atoms with Crippen molar-refractivity contribution >= 4 is 22.5 Å². The van der Waals surface area contributed by atoms with Gasteiger partial charge in [0, 0.05) is 22.6 Å². The molecule has 0 amide bonds. The summed E-state index contributed by atoms with van der Waals surface area (Å²) in [7, 11) is 0. The van der Waals surface area contributed by atoms with Crippen LogP contribution in [0, 0.1) is 6.92 Å². The molecule has 0 spiro atoms. The van der Waals surface area contributed by atoms with Crippen molar-refractivity contribution < 1.29 is 0 Å². The lowest BCUT2D eigenvalue weighted by Gasteiger charge is -2.17. The highest BCUT2D eigenvalue weighted by Crippen LogP contribution is 2.35. The molecule has 0 bridgehead atoms. The molecular weight excluding hydrogens is 232 g/mol. The molecule has 0 aliphatic carbocycles. The van der Waals surface area contributed by atoms with Gasteiger partial charge in [0.15, 0.2) is 0 Å². The van der Waals surface area contributed by atoms with Gasteiger partial charge < -0.3 is 10.3 Å². The molecule has 0 atom stereocenters. The zero-order valence-corrected chi connectivity index (χ0v) is 10.8. The van der Waals surface area contributed by atoms with Gasteiger partial charge in [-0.25, -0.2) is 0 Å². The van der Waals surface area contributed by atoms with E-state index < -0.39 is 0 Å². The molecule has 0 fully saturated rings. The van der Waals surface area contributed by atoms with Crippen LogP contribution in [-0.2, 0) is 19.4 Å². The molecule has 2 aromatic rings. The zero-order chi connectivity index (χ0) is 12.0. The van der Waals surface area contributed by atoms with Crippen molar-refractivity contribution in [3.05, 3.63) is 34.0 Å². The van der Waals surface area contributed by atoms with Gasteiger partial charge in [0.1, 0.15) is 0 Å². The molecule has 1 aliphatic rings. The molecule has 3 rings (SSSR count). The Morgan fingerprint density at radius 3 is 3.00 bits per heavy atom. The van der Waals surface area contributed by atoms with Crippen molar-refractivity contribution in [1.29, 1.82) is 0 Å². The van der Waals surface area contributed by atoms with Gasteiger partial charge in [-0.05, 0) is 56.0 Å². The maximum absolute atomic E-state index is 6.22. The molecule has 0 radical (unpaired) electrons. The van der Waals surface area contributed by atoms with Crippen molar-refractivity contribution in [3.63, 3.8) is 0 Å². The molecule has 2 heterocycles. The summed E-state index contributed by atoms with van der Waals surface area (Å²) >= 11 is 6.22. The van der Waals surface area contributed by atoms with Crippen LogP contribution in [0.2, 0.25) is 5.02 Å². The average molecular weight is 249 g/mol. The van der Waals surface area contributed by atoms with Crippen LogP contribution in [0.5, 0.6) is 0 Å². The second-order valence-corrected chi connectivity index (χ2v) is 5.26. The Hall–Kier alpha value is -0.990. The molecule has 2 nitrogen and oxygen atoms in total. The van der Waals surface area contributed by atoms with Crippen LogP contribution in [0.1, 0.15) is 23.2 Å². The first-order valence-corrected chi connectivity index (χ1v) is 6.60. The summed E-state index contributed by atoms with van der Waals surface area (Å²) in [6.07, 6.45) is 3.29. The van der Waals surface area contributed by atoms with Crippen molar-refractivity contribution in [1.82, 2.24) is 4.57 Å². The Bertz CT molecular complexity index is 584. The van der Waals surface area contributed by atoms with Crippen molar-refractivity contribution in [2.75, 3.05) is 6.54 Å². The van der Waals surface area contributed by atoms with Gasteiger partial charge >= 0.3 is 0 Å². The molecule has 0 saturated heterocycles. The Morgan fingerprint density at radius 2 is 2.24 bits per heavy atom. The highest BCUT2D eigenvalue weighted by Gasteiger charge is 2.19. The molecule has 1 aromatic heterocycles. The van der Waals surface area contributed by atoms with Crippen molar-refractivity contribution in [2.45, 2.75) is 32.7 Å². The maximum Gasteiger partial charge on any atom is 0.0518 e. The van der Waals surface area contributed by atoms with E-state index >= 15 is 0 Å². The minimum absolute atomic E-state index is 0.696. The summed E-state index contributed by atoms with van der Waals surface area (Å²) in [5, 5.41) is 2.17. The number of halogens is 1. The molecule has 2 N–H and O–H groups in total. The second-order valence-electron chi connectivity index (χ2n) is 4.82. The van der Waals surface area contributed by atoms with E-state index in [4.69, 9.17) is 17.3 Å². The van der Waals surface area contributed by atoms with Crippen LogP contribution in [0.3, 0.4) is 0 Å². The minimum atomic E-state index is 0.696. The normalized spacial score (nSPS) is 14.5. The van der Waals surface area contributed by atoms with E-state index in [0.29, 0.717) is 6.54 Å². The third-order valence-corrected chi connectivity index (χ3v) is 4.03. The predicted molar refractivity (Wildman–Crippen MR) is 72.8 cm³/mol. The first-order valence-electron chi connectivity index (χ1n) is 6.22. The topological polar surface area (TPSA) is 30.9 Å². The third-order valence-electron chi connectivity index (χ3n) is 3.81. The Morgan fingerprint density at radius 1 is 1.41 bits per heavy atom. The molecule has 3 heteroatoms. The number of hydrogen-bond donors (Lipinski definition) is 1. The van der Waals surface area contributed by atoms with Crippen LogP contribution >= 0.6 is 11.6 Å². The quantitative estimate of drug-likeness (QED) is 0.870. The van der Waals surface area contributed by atoms with Crippen molar-refractivity contribution in [3.8, 4) is 0 Å². The number of hydrogen-bond acceptors (Lipinski definition) is 1. The molecule has 90 valence electrons. The van der Waals surface area contributed by atoms with Crippen LogP contribution in [0.15, 0.2) is 12.1 Å². The van der Waals surface area contributed by atoms with E-state index in [2.05, 4.69) is 23.6 Å². The predicted octanol–water partition coefficient (Wildman–Crippen LogP) is 3.05. The number of benzene rings is 1. The largest absolute Gasteiger partial charge is 0.344 e.